The molecule has 0 atom stereocenters. The number of ether oxygens (including phenoxy) is 1. The Balaban J connectivity index is 1.45. The second-order valence-corrected chi connectivity index (χ2v) is 6.91. The lowest BCUT2D eigenvalue weighted by Gasteiger charge is -2.22. The second-order valence-electron chi connectivity index (χ2n) is 6.91. The predicted octanol–water partition coefficient (Wildman–Crippen LogP) is 4.38. The minimum absolute atomic E-state index is 0.0217. The van der Waals surface area contributed by atoms with Gasteiger partial charge in [0.2, 0.25) is 5.91 Å². The van der Waals surface area contributed by atoms with Crippen LogP contribution in [0, 0.1) is 5.82 Å². The minimum atomic E-state index is -0.267. The zero-order valence-electron chi connectivity index (χ0n) is 15.5. The molecule has 0 spiro atoms. The predicted molar refractivity (Wildman–Crippen MR) is 101 cm³/mol. The first-order valence-electron chi connectivity index (χ1n) is 9.30. The van der Waals surface area contributed by atoms with Crippen molar-refractivity contribution in [2.45, 2.75) is 45.2 Å². The van der Waals surface area contributed by atoms with Crippen molar-refractivity contribution in [3.63, 3.8) is 0 Å². The van der Waals surface area contributed by atoms with Crippen molar-refractivity contribution in [1.29, 1.82) is 0 Å². The maximum absolute atomic E-state index is 13.0. The third kappa shape index (κ3) is 5.64. The van der Waals surface area contributed by atoms with Crippen LogP contribution >= 0.6 is 0 Å². The van der Waals surface area contributed by atoms with Gasteiger partial charge in [0.05, 0.1) is 6.61 Å². The van der Waals surface area contributed by atoms with Crippen molar-refractivity contribution >= 4 is 11.7 Å². The number of carbonyl (C=O) groups is 2. The van der Waals surface area contributed by atoms with E-state index in [0.29, 0.717) is 43.3 Å². The lowest BCUT2D eigenvalue weighted by atomic mass is 10.1. The number of carbonyl (C=O) groups excluding carboxylic acids is 2. The molecule has 0 unspecified atom stereocenters. The molecule has 0 bridgehead atoms. The van der Waals surface area contributed by atoms with Gasteiger partial charge >= 0.3 is 0 Å². The fourth-order valence-electron chi connectivity index (χ4n) is 2.94. The third-order valence-electron chi connectivity index (χ3n) is 4.64. The molecule has 3 rings (SSSR count). The molecular weight excluding hydrogens is 345 g/mol. The van der Waals surface area contributed by atoms with Crippen LogP contribution in [0.15, 0.2) is 48.5 Å². The van der Waals surface area contributed by atoms with E-state index in [1.165, 1.54) is 19.1 Å². The van der Waals surface area contributed by atoms with Crippen LogP contribution in [0.1, 0.15) is 48.5 Å². The number of hydrogen-bond donors (Lipinski definition) is 0. The van der Waals surface area contributed by atoms with Gasteiger partial charge in [0.25, 0.3) is 0 Å². The van der Waals surface area contributed by atoms with Crippen molar-refractivity contribution < 1.29 is 18.7 Å². The number of Topliss-reactive ketones (excluding diaryl/α,β-unsaturated/α-hetero) is 1. The summed E-state index contributed by atoms with van der Waals surface area (Å²) in [6.07, 6.45) is 3.11. The van der Waals surface area contributed by atoms with Crippen molar-refractivity contribution in [2.24, 2.45) is 0 Å². The quantitative estimate of drug-likeness (QED) is 0.487. The summed E-state index contributed by atoms with van der Waals surface area (Å²) >= 11 is 0. The van der Waals surface area contributed by atoms with Gasteiger partial charge in [-0.05, 0) is 68.1 Å². The molecular formula is C22H24FNO3. The number of rotatable bonds is 9. The molecule has 27 heavy (non-hydrogen) atoms. The van der Waals surface area contributed by atoms with E-state index in [1.807, 2.05) is 4.90 Å². The fourth-order valence-corrected chi connectivity index (χ4v) is 2.94. The van der Waals surface area contributed by atoms with E-state index in [4.69, 9.17) is 4.74 Å². The molecule has 0 N–H and O–H groups in total. The highest BCUT2D eigenvalue weighted by atomic mass is 19.1. The largest absolute Gasteiger partial charge is 0.494 e. The van der Waals surface area contributed by atoms with Crippen LogP contribution in [0.5, 0.6) is 5.75 Å². The van der Waals surface area contributed by atoms with Crippen LogP contribution in [-0.2, 0) is 11.3 Å². The van der Waals surface area contributed by atoms with Gasteiger partial charge < -0.3 is 9.64 Å². The van der Waals surface area contributed by atoms with Crippen LogP contribution < -0.4 is 4.74 Å². The highest BCUT2D eigenvalue weighted by Gasteiger charge is 2.32. The van der Waals surface area contributed by atoms with Gasteiger partial charge in [-0.15, -0.1) is 0 Å². The topological polar surface area (TPSA) is 46.6 Å². The Morgan fingerprint density at radius 3 is 2.33 bits per heavy atom. The number of amides is 1. The number of hydrogen-bond acceptors (Lipinski definition) is 3. The van der Waals surface area contributed by atoms with E-state index in [2.05, 4.69) is 0 Å². The molecule has 0 saturated heterocycles. The normalized spacial score (nSPS) is 13.3. The molecule has 0 aliphatic heterocycles. The first kappa shape index (κ1) is 19.1. The Bertz CT molecular complexity index is 782. The summed E-state index contributed by atoms with van der Waals surface area (Å²) in [5.41, 5.74) is 1.59. The number of ketones is 1. The summed E-state index contributed by atoms with van der Waals surface area (Å²) in [5.74, 6) is 0.556. The van der Waals surface area contributed by atoms with E-state index >= 15 is 0 Å². The molecule has 1 aliphatic carbocycles. The van der Waals surface area contributed by atoms with E-state index < -0.39 is 0 Å². The van der Waals surface area contributed by atoms with E-state index in [1.54, 1.807) is 36.4 Å². The zero-order valence-corrected chi connectivity index (χ0v) is 15.5. The summed E-state index contributed by atoms with van der Waals surface area (Å²) in [4.78, 5) is 25.7. The van der Waals surface area contributed by atoms with Crippen molar-refractivity contribution in [1.82, 2.24) is 4.90 Å². The molecule has 5 heteroatoms. The summed E-state index contributed by atoms with van der Waals surface area (Å²) in [5, 5.41) is 0. The van der Waals surface area contributed by atoms with Gasteiger partial charge in [-0.2, -0.15) is 0 Å². The average molecular weight is 369 g/mol. The van der Waals surface area contributed by atoms with Crippen LogP contribution in [0.25, 0.3) is 0 Å². The van der Waals surface area contributed by atoms with Crippen LogP contribution in [-0.4, -0.2) is 29.2 Å². The zero-order chi connectivity index (χ0) is 19.2. The van der Waals surface area contributed by atoms with E-state index in [9.17, 15) is 14.0 Å². The van der Waals surface area contributed by atoms with Gasteiger partial charge in [-0.1, -0.05) is 12.1 Å². The van der Waals surface area contributed by atoms with Crippen molar-refractivity contribution in [2.75, 3.05) is 6.61 Å². The molecule has 4 nitrogen and oxygen atoms in total. The van der Waals surface area contributed by atoms with E-state index in [-0.39, 0.29) is 17.5 Å². The molecule has 2 aromatic carbocycles. The van der Waals surface area contributed by atoms with Gasteiger partial charge in [0, 0.05) is 24.6 Å². The summed E-state index contributed by atoms with van der Waals surface area (Å²) in [6.45, 7) is 2.50. The molecule has 1 fully saturated rings. The summed E-state index contributed by atoms with van der Waals surface area (Å²) in [6, 6.07) is 13.6. The maximum Gasteiger partial charge on any atom is 0.223 e. The van der Waals surface area contributed by atoms with Crippen LogP contribution in [0.3, 0.4) is 0 Å². The summed E-state index contributed by atoms with van der Waals surface area (Å²) in [7, 11) is 0. The average Bonchev–Trinajstić information content (AvgIpc) is 3.50. The van der Waals surface area contributed by atoms with Gasteiger partial charge in [0.1, 0.15) is 11.6 Å². The molecule has 2 aromatic rings. The lowest BCUT2D eigenvalue weighted by molar-refractivity contribution is -0.132. The molecule has 0 heterocycles. The first-order chi connectivity index (χ1) is 13.0. The van der Waals surface area contributed by atoms with Gasteiger partial charge in [-0.3, -0.25) is 9.59 Å². The Hall–Kier alpha value is -2.69. The van der Waals surface area contributed by atoms with E-state index in [0.717, 1.165) is 18.4 Å². The highest BCUT2D eigenvalue weighted by molar-refractivity contribution is 5.94. The number of halogens is 1. The molecule has 1 saturated carbocycles. The molecule has 1 amide bonds. The number of benzene rings is 2. The SMILES string of the molecule is CC(=O)c1ccc(OCCCC(=O)N(Cc2ccc(F)cc2)C2CC2)cc1. The van der Waals surface area contributed by atoms with Crippen molar-refractivity contribution in [3.05, 3.63) is 65.5 Å². The first-order valence-corrected chi connectivity index (χ1v) is 9.30. The summed E-state index contributed by atoms with van der Waals surface area (Å²) < 4.78 is 18.7. The monoisotopic (exact) mass is 369 g/mol. The second kappa shape index (κ2) is 8.80. The van der Waals surface area contributed by atoms with Crippen LogP contribution in [0.2, 0.25) is 0 Å². The third-order valence-corrected chi connectivity index (χ3v) is 4.64. The smallest absolute Gasteiger partial charge is 0.223 e. The molecule has 1 aliphatic rings. The van der Waals surface area contributed by atoms with Gasteiger partial charge in [-0.25, -0.2) is 4.39 Å². The van der Waals surface area contributed by atoms with Crippen molar-refractivity contribution in [3.8, 4) is 5.75 Å². The Labute approximate surface area is 158 Å². The number of nitrogens with zero attached hydrogens (tertiary/aromatic N) is 1. The maximum atomic E-state index is 13.0. The molecule has 0 aromatic heterocycles. The Morgan fingerprint density at radius 1 is 1.07 bits per heavy atom. The highest BCUT2D eigenvalue weighted by Crippen LogP contribution is 2.29. The lowest BCUT2D eigenvalue weighted by Crippen LogP contribution is -2.32. The van der Waals surface area contributed by atoms with Crippen LogP contribution in [0.4, 0.5) is 4.39 Å². The fraction of sp³-hybridized carbons (Fsp3) is 0.364. The molecule has 142 valence electrons. The minimum Gasteiger partial charge on any atom is -0.494 e. The molecule has 0 radical (unpaired) electrons. The van der Waals surface area contributed by atoms with Gasteiger partial charge in [0.15, 0.2) is 5.78 Å². The standard InChI is InChI=1S/C22H24FNO3/c1-16(25)18-6-12-21(13-7-18)27-14-2-3-22(26)24(20-10-11-20)15-17-4-8-19(23)9-5-17/h4-9,12-13,20H,2-3,10-11,14-15H2,1H3. The Kier molecular flexibility index (Phi) is 6.22. The Morgan fingerprint density at radius 2 is 1.74 bits per heavy atom.